The van der Waals surface area contributed by atoms with E-state index in [-0.39, 0.29) is 17.4 Å². The number of nitrogens with zero attached hydrogens (tertiary/aromatic N) is 2. The number of piperazine rings is 1. The highest BCUT2D eigenvalue weighted by Gasteiger charge is 2.51. The number of anilines is 1. The van der Waals surface area contributed by atoms with Gasteiger partial charge in [0.05, 0.1) is 24.1 Å². The minimum atomic E-state index is 0.0306. The molecule has 6 nitrogen and oxygen atoms in total. The highest BCUT2D eigenvalue weighted by Crippen LogP contribution is 2.55. The predicted molar refractivity (Wildman–Crippen MR) is 147 cm³/mol. The molecule has 2 aromatic carbocycles. The van der Waals surface area contributed by atoms with Crippen molar-refractivity contribution in [2.45, 2.75) is 49.0 Å². The fourth-order valence-electron chi connectivity index (χ4n) is 7.72. The number of rotatable bonds is 7. The summed E-state index contributed by atoms with van der Waals surface area (Å²) in [5, 5.41) is 3.47. The molecule has 5 aliphatic rings. The van der Waals surface area contributed by atoms with E-state index in [0.717, 1.165) is 66.4 Å². The summed E-state index contributed by atoms with van der Waals surface area (Å²) < 4.78 is 5.52. The molecule has 1 heterocycles. The lowest BCUT2D eigenvalue weighted by Crippen LogP contribution is -2.60. The standard InChI is InChI=1S/C30H37N3O3S/c1-36-26-8-4-3-7-25(26)32-10-12-33(13-11-32)29(35)24-6-2-5-9-27(24)37-20-28(34)31-30-17-21-14-22(18-30)16-23(15-21)19-30/h2-9,21-23H,10-20H2,1H3,(H,31,34). The van der Waals surface area contributed by atoms with Crippen molar-refractivity contribution in [2.24, 2.45) is 17.8 Å². The summed E-state index contributed by atoms with van der Waals surface area (Å²) in [4.78, 5) is 31.7. The van der Waals surface area contributed by atoms with E-state index in [1.165, 1.54) is 31.0 Å². The Morgan fingerprint density at radius 1 is 0.919 bits per heavy atom. The van der Waals surface area contributed by atoms with Crippen LogP contribution < -0.4 is 15.0 Å². The number of thioether (sulfide) groups is 1. The third kappa shape index (κ3) is 5.07. The molecule has 2 aromatic rings. The molecule has 2 amide bonds. The first-order valence-electron chi connectivity index (χ1n) is 13.7. The van der Waals surface area contributed by atoms with Gasteiger partial charge in [0.1, 0.15) is 5.75 Å². The lowest BCUT2D eigenvalue weighted by Gasteiger charge is -2.56. The van der Waals surface area contributed by atoms with Crippen molar-refractivity contribution in [3.8, 4) is 5.75 Å². The van der Waals surface area contributed by atoms with Gasteiger partial charge in [0.2, 0.25) is 5.91 Å². The molecule has 37 heavy (non-hydrogen) atoms. The van der Waals surface area contributed by atoms with Crippen LogP contribution in [0.15, 0.2) is 53.4 Å². The molecule has 4 aliphatic carbocycles. The van der Waals surface area contributed by atoms with E-state index in [1.807, 2.05) is 47.4 Å². The van der Waals surface area contributed by atoms with Gasteiger partial charge in [-0.2, -0.15) is 0 Å². The number of carbonyl (C=O) groups excluding carboxylic acids is 2. The van der Waals surface area contributed by atoms with E-state index in [0.29, 0.717) is 24.4 Å². The number of ether oxygens (including phenoxy) is 1. The average Bonchev–Trinajstić information content (AvgIpc) is 2.91. The quantitative estimate of drug-likeness (QED) is 0.531. The van der Waals surface area contributed by atoms with Gasteiger partial charge in [0.15, 0.2) is 0 Å². The van der Waals surface area contributed by atoms with Crippen LogP contribution >= 0.6 is 11.8 Å². The molecule has 7 rings (SSSR count). The Labute approximate surface area is 224 Å². The van der Waals surface area contributed by atoms with Crippen LogP contribution in [0.4, 0.5) is 5.69 Å². The van der Waals surface area contributed by atoms with Crippen LogP contribution in [0, 0.1) is 17.8 Å². The molecule has 1 N–H and O–H groups in total. The van der Waals surface area contributed by atoms with Gasteiger partial charge < -0.3 is 19.9 Å². The van der Waals surface area contributed by atoms with Crippen LogP contribution in [0.1, 0.15) is 48.9 Å². The molecule has 0 unspecified atom stereocenters. The van der Waals surface area contributed by atoms with E-state index in [2.05, 4.69) is 16.3 Å². The van der Waals surface area contributed by atoms with Crippen LogP contribution in [0.2, 0.25) is 0 Å². The van der Waals surface area contributed by atoms with Gasteiger partial charge in [-0.25, -0.2) is 0 Å². The second-order valence-electron chi connectivity index (χ2n) is 11.5. The Morgan fingerprint density at radius 3 is 2.22 bits per heavy atom. The van der Waals surface area contributed by atoms with Crippen LogP contribution in [-0.4, -0.2) is 61.3 Å². The fraction of sp³-hybridized carbons (Fsp3) is 0.533. The van der Waals surface area contributed by atoms with Gasteiger partial charge in [-0.05, 0) is 80.5 Å². The summed E-state index contributed by atoms with van der Waals surface area (Å²) >= 11 is 1.49. The second kappa shape index (κ2) is 10.2. The zero-order chi connectivity index (χ0) is 25.4. The van der Waals surface area contributed by atoms with Gasteiger partial charge in [0, 0.05) is 36.6 Å². The maximum absolute atomic E-state index is 13.5. The molecular weight excluding hydrogens is 482 g/mol. The van der Waals surface area contributed by atoms with Crippen molar-refractivity contribution in [3.63, 3.8) is 0 Å². The largest absolute Gasteiger partial charge is 0.495 e. The Bertz CT molecular complexity index is 1120. The molecule has 196 valence electrons. The van der Waals surface area contributed by atoms with Crippen molar-refractivity contribution >= 4 is 29.3 Å². The smallest absolute Gasteiger partial charge is 0.255 e. The minimum absolute atomic E-state index is 0.0306. The Hall–Kier alpha value is -2.67. The number of nitrogens with one attached hydrogen (secondary N) is 1. The first-order valence-corrected chi connectivity index (χ1v) is 14.7. The van der Waals surface area contributed by atoms with Gasteiger partial charge >= 0.3 is 0 Å². The minimum Gasteiger partial charge on any atom is -0.495 e. The second-order valence-corrected chi connectivity index (χ2v) is 12.5. The number of methoxy groups -OCH3 is 1. The topological polar surface area (TPSA) is 61.9 Å². The Kier molecular flexibility index (Phi) is 6.82. The summed E-state index contributed by atoms with van der Waals surface area (Å²) in [6, 6.07) is 15.8. The summed E-state index contributed by atoms with van der Waals surface area (Å²) in [7, 11) is 1.69. The van der Waals surface area contributed by atoms with Crippen molar-refractivity contribution in [1.29, 1.82) is 0 Å². The number of hydrogen-bond donors (Lipinski definition) is 1. The van der Waals surface area contributed by atoms with Crippen molar-refractivity contribution in [1.82, 2.24) is 10.2 Å². The van der Waals surface area contributed by atoms with E-state index in [1.54, 1.807) is 7.11 Å². The maximum atomic E-state index is 13.5. The van der Waals surface area contributed by atoms with Crippen LogP contribution in [-0.2, 0) is 4.79 Å². The SMILES string of the molecule is COc1ccccc1N1CCN(C(=O)c2ccccc2SCC(=O)NC23CC4CC(CC(C4)C2)C3)CC1. The lowest BCUT2D eigenvalue weighted by atomic mass is 9.53. The number of benzene rings is 2. The predicted octanol–water partition coefficient (Wildman–Crippen LogP) is 4.83. The number of hydrogen-bond acceptors (Lipinski definition) is 5. The highest BCUT2D eigenvalue weighted by atomic mass is 32.2. The third-order valence-electron chi connectivity index (χ3n) is 8.91. The molecule has 0 atom stereocenters. The monoisotopic (exact) mass is 519 g/mol. The fourth-order valence-corrected chi connectivity index (χ4v) is 8.56. The zero-order valence-electron chi connectivity index (χ0n) is 21.7. The lowest BCUT2D eigenvalue weighted by molar-refractivity contribution is -0.124. The first kappa shape index (κ1) is 24.7. The molecule has 4 saturated carbocycles. The molecule has 0 aromatic heterocycles. The molecule has 7 heteroatoms. The maximum Gasteiger partial charge on any atom is 0.255 e. The molecular formula is C30H37N3O3S. The summed E-state index contributed by atoms with van der Waals surface area (Å²) in [5.41, 5.74) is 1.79. The van der Waals surface area contributed by atoms with E-state index >= 15 is 0 Å². The average molecular weight is 520 g/mol. The van der Waals surface area contributed by atoms with Gasteiger partial charge in [0.25, 0.3) is 5.91 Å². The number of para-hydroxylation sites is 2. The van der Waals surface area contributed by atoms with Crippen LogP contribution in [0.3, 0.4) is 0 Å². The zero-order valence-corrected chi connectivity index (χ0v) is 22.5. The third-order valence-corrected chi connectivity index (χ3v) is 9.99. The van der Waals surface area contributed by atoms with Gasteiger partial charge in [-0.15, -0.1) is 11.8 Å². The molecule has 1 aliphatic heterocycles. The first-order chi connectivity index (χ1) is 18.0. The van der Waals surface area contributed by atoms with Crippen LogP contribution in [0.5, 0.6) is 5.75 Å². The van der Waals surface area contributed by atoms with Gasteiger partial charge in [-0.1, -0.05) is 24.3 Å². The van der Waals surface area contributed by atoms with E-state index in [4.69, 9.17) is 4.74 Å². The molecule has 4 bridgehead atoms. The van der Waals surface area contributed by atoms with Crippen LogP contribution in [0.25, 0.3) is 0 Å². The number of amides is 2. The van der Waals surface area contributed by atoms with E-state index in [9.17, 15) is 9.59 Å². The highest BCUT2D eigenvalue weighted by molar-refractivity contribution is 8.00. The molecule has 1 saturated heterocycles. The van der Waals surface area contributed by atoms with Crippen molar-refractivity contribution in [2.75, 3.05) is 43.9 Å². The molecule has 0 spiro atoms. The summed E-state index contributed by atoms with van der Waals surface area (Å²) in [6.07, 6.45) is 7.58. The Morgan fingerprint density at radius 2 is 1.54 bits per heavy atom. The van der Waals surface area contributed by atoms with Gasteiger partial charge in [-0.3, -0.25) is 9.59 Å². The number of carbonyl (C=O) groups is 2. The van der Waals surface area contributed by atoms with Crippen molar-refractivity contribution < 1.29 is 14.3 Å². The summed E-state index contributed by atoms with van der Waals surface area (Å²) in [5.74, 6) is 3.79. The molecule has 0 radical (unpaired) electrons. The molecule has 5 fully saturated rings. The Balaban J connectivity index is 1.06. The summed E-state index contributed by atoms with van der Waals surface area (Å²) in [6.45, 7) is 2.83. The normalized spacial score (nSPS) is 28.3. The van der Waals surface area contributed by atoms with E-state index < -0.39 is 0 Å². The van der Waals surface area contributed by atoms with Crippen molar-refractivity contribution in [3.05, 3.63) is 54.1 Å².